The Morgan fingerprint density at radius 2 is 1.44 bits per heavy atom. The van der Waals surface area contributed by atoms with Crippen LogP contribution in [-0.4, -0.2) is 111 Å². The van der Waals surface area contributed by atoms with Gasteiger partial charge in [-0.25, -0.2) is 13.8 Å². The van der Waals surface area contributed by atoms with Crippen LogP contribution in [0.2, 0.25) is 0 Å². The van der Waals surface area contributed by atoms with Gasteiger partial charge in [0.1, 0.15) is 23.7 Å². The highest BCUT2D eigenvalue weighted by molar-refractivity contribution is 5.93. The minimum atomic E-state index is -0.667. The molecule has 5 N–H and O–H groups in total. The minimum absolute atomic E-state index is 0.0462. The number of likely N-dealkylation sites (N-methyl/N-ethyl adjacent to an activating group) is 2. The third-order valence-corrected chi connectivity index (χ3v) is 13.5. The molecule has 0 radical (unpaired) electrons. The van der Waals surface area contributed by atoms with E-state index >= 15 is 0 Å². The maximum atomic E-state index is 14.9. The van der Waals surface area contributed by atoms with E-state index in [0.717, 1.165) is 68.7 Å². The summed E-state index contributed by atoms with van der Waals surface area (Å²) in [6.45, 7) is 7.00. The molecule has 2 saturated heterocycles. The summed E-state index contributed by atoms with van der Waals surface area (Å²) in [5, 5.41) is 12.8. The van der Waals surface area contributed by atoms with Crippen LogP contribution in [0.3, 0.4) is 0 Å². The van der Waals surface area contributed by atoms with E-state index in [4.69, 9.17) is 4.98 Å². The molecule has 1 unspecified atom stereocenters. The van der Waals surface area contributed by atoms with E-state index in [0.29, 0.717) is 67.0 Å². The third-order valence-electron chi connectivity index (χ3n) is 13.5. The predicted molar refractivity (Wildman–Crippen MR) is 233 cm³/mol. The number of nitrogens with one attached hydrogen (secondary N) is 5. The number of hydrogen-bond donors (Lipinski definition) is 5. The third kappa shape index (κ3) is 9.47. The highest BCUT2D eigenvalue weighted by Crippen LogP contribution is 2.37. The fourth-order valence-corrected chi connectivity index (χ4v) is 9.82. The molecule has 13 nitrogen and oxygen atoms in total. The van der Waals surface area contributed by atoms with Gasteiger partial charge in [0.2, 0.25) is 23.6 Å². The first-order valence-electron chi connectivity index (χ1n) is 22.4. The van der Waals surface area contributed by atoms with Crippen LogP contribution in [0.25, 0.3) is 33.5 Å². The molecule has 4 amide bonds. The molecule has 2 aromatic heterocycles. The number of carbonyl (C=O) groups is 4. The van der Waals surface area contributed by atoms with Gasteiger partial charge in [-0.2, -0.15) is 0 Å². The number of halogens is 2. The Balaban J connectivity index is 1.24. The largest absolute Gasteiger partial charge is 0.352 e. The Kier molecular flexibility index (Phi) is 14.1. The van der Waals surface area contributed by atoms with E-state index in [2.05, 4.69) is 26.3 Å². The lowest BCUT2D eigenvalue weighted by Crippen LogP contribution is -2.56. The number of benzene rings is 2. The van der Waals surface area contributed by atoms with Crippen LogP contribution in [0.1, 0.15) is 97.0 Å². The zero-order valence-corrected chi connectivity index (χ0v) is 36.3. The van der Waals surface area contributed by atoms with Crippen molar-refractivity contribution in [3.05, 3.63) is 53.6 Å². The maximum Gasteiger partial charge on any atom is 0.245 e. The van der Waals surface area contributed by atoms with Gasteiger partial charge in [0, 0.05) is 48.7 Å². The molecule has 330 valence electrons. The SMILES string of the molecule is CCC[C@H](NC(=O)[C@H](C)NC)C(=O)N1CCC[C@H]1Cc1c(-c2nc3cc(F)ccc3n2C[C@@H]2CCCN2C(=O)C(NC(=O)[C@H](C)NC)C2CCCCC2)[nH]c2cc(F)ccc12. The minimum Gasteiger partial charge on any atom is -0.352 e. The molecular weight excluding hydrogens is 781 g/mol. The number of likely N-dealkylation sites (tertiary alicyclic amines) is 2. The van der Waals surface area contributed by atoms with Crippen molar-refractivity contribution in [3.63, 3.8) is 0 Å². The number of amides is 4. The average molecular weight is 844 g/mol. The molecule has 0 spiro atoms. The number of aromatic nitrogens is 3. The molecule has 4 aromatic rings. The smallest absolute Gasteiger partial charge is 0.245 e. The molecule has 7 rings (SSSR count). The summed E-state index contributed by atoms with van der Waals surface area (Å²) in [5.41, 5.74) is 3.21. The molecule has 2 aromatic carbocycles. The summed E-state index contributed by atoms with van der Waals surface area (Å²) in [7, 11) is 3.44. The molecular formula is C46H63F2N9O4. The first-order valence-corrected chi connectivity index (χ1v) is 22.4. The van der Waals surface area contributed by atoms with Crippen LogP contribution in [0.15, 0.2) is 36.4 Å². The van der Waals surface area contributed by atoms with Crippen molar-refractivity contribution >= 4 is 45.6 Å². The summed E-state index contributed by atoms with van der Waals surface area (Å²) in [5.74, 6) is -0.894. The topological polar surface area (TPSA) is 156 Å². The number of aromatic amines is 1. The van der Waals surface area contributed by atoms with Gasteiger partial charge in [-0.1, -0.05) is 32.6 Å². The van der Waals surface area contributed by atoms with Gasteiger partial charge in [-0.3, -0.25) is 19.2 Å². The molecule has 3 fully saturated rings. The average Bonchev–Trinajstić information content (AvgIpc) is 4.07. The summed E-state index contributed by atoms with van der Waals surface area (Å²) in [6, 6.07) is 6.50. The van der Waals surface area contributed by atoms with Gasteiger partial charge in [0.15, 0.2) is 5.82 Å². The highest BCUT2D eigenvalue weighted by atomic mass is 19.1. The monoisotopic (exact) mass is 843 g/mol. The van der Waals surface area contributed by atoms with Crippen molar-refractivity contribution in [2.24, 2.45) is 5.92 Å². The Hall–Kier alpha value is -4.89. The van der Waals surface area contributed by atoms with Crippen LogP contribution in [0.4, 0.5) is 8.78 Å². The van der Waals surface area contributed by atoms with E-state index in [1.54, 1.807) is 40.1 Å². The van der Waals surface area contributed by atoms with E-state index in [1.165, 1.54) is 24.3 Å². The van der Waals surface area contributed by atoms with Crippen LogP contribution < -0.4 is 21.3 Å². The van der Waals surface area contributed by atoms with E-state index < -0.39 is 35.8 Å². The Morgan fingerprint density at radius 3 is 2.13 bits per heavy atom. The zero-order valence-electron chi connectivity index (χ0n) is 36.3. The lowest BCUT2D eigenvalue weighted by atomic mass is 9.83. The molecule has 3 aliphatic rings. The molecule has 2 aliphatic heterocycles. The molecule has 4 heterocycles. The normalized spacial score (nSPS) is 20.6. The Labute approximate surface area is 357 Å². The molecule has 15 heteroatoms. The summed E-state index contributed by atoms with van der Waals surface area (Å²) in [6.07, 6.45) is 9.63. The van der Waals surface area contributed by atoms with Crippen molar-refractivity contribution in [1.82, 2.24) is 45.6 Å². The van der Waals surface area contributed by atoms with Gasteiger partial charge < -0.3 is 40.6 Å². The molecule has 0 bridgehead atoms. The second kappa shape index (κ2) is 19.4. The quantitative estimate of drug-likeness (QED) is 0.0991. The van der Waals surface area contributed by atoms with Gasteiger partial charge in [0.25, 0.3) is 0 Å². The second-order valence-corrected chi connectivity index (χ2v) is 17.5. The molecule has 1 aliphatic carbocycles. The van der Waals surface area contributed by atoms with Crippen molar-refractivity contribution in [2.75, 3.05) is 27.2 Å². The van der Waals surface area contributed by atoms with Crippen LogP contribution >= 0.6 is 0 Å². The number of carbonyl (C=O) groups excluding carboxylic acids is 4. The first kappa shape index (κ1) is 44.2. The van der Waals surface area contributed by atoms with Gasteiger partial charge >= 0.3 is 0 Å². The summed E-state index contributed by atoms with van der Waals surface area (Å²) >= 11 is 0. The van der Waals surface area contributed by atoms with E-state index in [1.807, 2.05) is 21.3 Å². The fourth-order valence-electron chi connectivity index (χ4n) is 9.82. The van der Waals surface area contributed by atoms with Crippen molar-refractivity contribution in [3.8, 4) is 11.5 Å². The number of hydrogen-bond acceptors (Lipinski definition) is 7. The standard InChI is InChI=1S/C46H63F2N9O4/c1-6-12-36(53-43(58)27(2)49-4)45(60)55-21-10-15-32(55)25-35-34-19-17-30(47)23-37(34)51-41(35)42-52-38-24-31(48)18-20-39(38)57(42)26-33-16-11-22-56(33)46(61)40(29-13-8-7-9-14-29)54-44(59)28(3)50-5/h17-20,23-24,27-29,32-33,36,40,49-51H,6-16,21-22,25-26H2,1-5H3,(H,53,58)(H,54,59)/t27-,28-,32-,33-,36-,40?/m0/s1. The number of imidazole rings is 1. The first-order chi connectivity index (χ1) is 29.4. The summed E-state index contributed by atoms with van der Waals surface area (Å²) in [4.78, 5) is 67.5. The van der Waals surface area contributed by atoms with Crippen molar-refractivity contribution in [1.29, 1.82) is 0 Å². The van der Waals surface area contributed by atoms with Gasteiger partial charge in [0.05, 0.1) is 28.8 Å². The Bertz CT molecular complexity index is 2220. The molecule has 6 atom stereocenters. The highest BCUT2D eigenvalue weighted by Gasteiger charge is 2.40. The van der Waals surface area contributed by atoms with Crippen molar-refractivity contribution < 1.29 is 28.0 Å². The Morgan fingerprint density at radius 1 is 0.803 bits per heavy atom. The molecule has 1 saturated carbocycles. The van der Waals surface area contributed by atoms with Crippen molar-refractivity contribution in [2.45, 2.75) is 141 Å². The van der Waals surface area contributed by atoms with Gasteiger partial charge in [-0.15, -0.1) is 0 Å². The number of nitrogens with zero attached hydrogens (tertiary/aromatic N) is 4. The van der Waals surface area contributed by atoms with Crippen LogP contribution in [-0.2, 0) is 32.1 Å². The van der Waals surface area contributed by atoms with E-state index in [-0.39, 0.29) is 41.6 Å². The lowest BCUT2D eigenvalue weighted by molar-refractivity contribution is -0.139. The predicted octanol–water partition coefficient (Wildman–Crippen LogP) is 5.55. The number of fused-ring (bicyclic) bond motifs is 2. The fraction of sp³-hybridized carbons (Fsp3) is 0.587. The van der Waals surface area contributed by atoms with E-state index in [9.17, 15) is 28.0 Å². The number of rotatable bonds is 16. The maximum absolute atomic E-state index is 14.9. The number of H-pyrrole nitrogens is 1. The lowest BCUT2D eigenvalue weighted by Gasteiger charge is -2.35. The van der Waals surface area contributed by atoms with Gasteiger partial charge in [-0.05, 0) is 121 Å². The second-order valence-electron chi connectivity index (χ2n) is 17.5. The summed E-state index contributed by atoms with van der Waals surface area (Å²) < 4.78 is 31.8. The zero-order chi connectivity index (χ0) is 43.4. The van der Waals surface area contributed by atoms with Crippen LogP contribution in [0, 0.1) is 17.6 Å². The van der Waals surface area contributed by atoms with Crippen LogP contribution in [0.5, 0.6) is 0 Å². The molecule has 61 heavy (non-hydrogen) atoms.